The molecule has 2 heterocycles. The van der Waals surface area contributed by atoms with Gasteiger partial charge in [-0.05, 0) is 74.8 Å². The standard InChI is InChI=1S/C26H39NO3/c1-5-8-12-25-17-22-20(24(29)30-7-3)16-26(25,13-9-6-2)23(27(22)4)14-18-10-11-19(28)15-21(18)25/h10-11,15,20,22-23,28H,5-9,12-14,16-17H2,1-4H3. The summed E-state index contributed by atoms with van der Waals surface area (Å²) in [4.78, 5) is 15.5. The Bertz CT molecular complexity index is 792. The molecule has 5 unspecified atom stereocenters. The molecule has 1 aromatic rings. The van der Waals surface area contributed by atoms with Gasteiger partial charge in [-0.15, -0.1) is 0 Å². The number of nitrogens with zero attached hydrogens (tertiary/aromatic N) is 1. The summed E-state index contributed by atoms with van der Waals surface area (Å²) >= 11 is 0. The van der Waals surface area contributed by atoms with E-state index < -0.39 is 0 Å². The first-order valence-electron chi connectivity index (χ1n) is 12.1. The Morgan fingerprint density at radius 3 is 2.60 bits per heavy atom. The molecule has 0 amide bonds. The lowest BCUT2D eigenvalue weighted by Gasteiger charge is -2.71. The zero-order valence-electron chi connectivity index (χ0n) is 19.2. The van der Waals surface area contributed by atoms with Crippen LogP contribution in [0.25, 0.3) is 0 Å². The molecule has 5 atom stereocenters. The average Bonchev–Trinajstić information content (AvgIpc) is 2.74. The SMILES string of the molecule is CCCCC12CC3C(C(=O)OCC)CC1(CCCC)C(Cc1ccc(O)cc12)N3C. The van der Waals surface area contributed by atoms with Crippen molar-refractivity contribution in [3.05, 3.63) is 29.3 Å². The van der Waals surface area contributed by atoms with Crippen molar-refractivity contribution < 1.29 is 14.6 Å². The van der Waals surface area contributed by atoms with Crippen molar-refractivity contribution in [2.45, 2.75) is 96.1 Å². The summed E-state index contributed by atoms with van der Waals surface area (Å²) in [6.07, 6.45) is 9.99. The van der Waals surface area contributed by atoms with Gasteiger partial charge in [0.25, 0.3) is 0 Å². The number of esters is 1. The average molecular weight is 414 g/mol. The van der Waals surface area contributed by atoms with Crippen LogP contribution < -0.4 is 0 Å². The van der Waals surface area contributed by atoms with Crippen molar-refractivity contribution in [3.8, 4) is 5.75 Å². The highest BCUT2D eigenvalue weighted by Gasteiger charge is 2.69. The summed E-state index contributed by atoms with van der Waals surface area (Å²) in [5.74, 6) is 0.344. The number of hydrogen-bond acceptors (Lipinski definition) is 4. The van der Waals surface area contributed by atoms with Gasteiger partial charge in [0.15, 0.2) is 0 Å². The molecule has 1 saturated carbocycles. The fourth-order valence-electron chi connectivity index (χ4n) is 7.50. The zero-order chi connectivity index (χ0) is 21.5. The lowest BCUT2D eigenvalue weighted by Crippen LogP contribution is -2.75. The van der Waals surface area contributed by atoms with E-state index >= 15 is 0 Å². The number of rotatable bonds is 8. The highest BCUT2D eigenvalue weighted by atomic mass is 16.5. The second-order valence-corrected chi connectivity index (χ2v) is 10.0. The van der Waals surface area contributed by atoms with Crippen LogP contribution >= 0.6 is 0 Å². The van der Waals surface area contributed by atoms with Crippen LogP contribution in [-0.4, -0.2) is 41.7 Å². The topological polar surface area (TPSA) is 49.8 Å². The number of ether oxygens (including phenoxy) is 1. The third-order valence-electron chi connectivity index (χ3n) is 8.76. The number of carbonyl (C=O) groups is 1. The number of phenols is 1. The molecule has 4 heteroatoms. The third kappa shape index (κ3) is 3.01. The lowest BCUT2D eigenvalue weighted by molar-refractivity contribution is -0.191. The van der Waals surface area contributed by atoms with Gasteiger partial charge < -0.3 is 9.84 Å². The molecule has 5 rings (SSSR count). The summed E-state index contributed by atoms with van der Waals surface area (Å²) in [6, 6.07) is 6.76. The van der Waals surface area contributed by atoms with Crippen LogP contribution in [0.1, 0.15) is 83.3 Å². The predicted molar refractivity (Wildman–Crippen MR) is 120 cm³/mol. The molecule has 2 aliphatic heterocycles. The number of hydrogen-bond donors (Lipinski definition) is 1. The summed E-state index contributed by atoms with van der Waals surface area (Å²) < 4.78 is 5.55. The quantitative estimate of drug-likeness (QED) is 0.595. The van der Waals surface area contributed by atoms with Gasteiger partial charge in [0.2, 0.25) is 0 Å². The number of phenolic OH excluding ortho intramolecular Hbond substituents is 1. The van der Waals surface area contributed by atoms with Crippen LogP contribution in [0.15, 0.2) is 18.2 Å². The van der Waals surface area contributed by atoms with Crippen LogP contribution in [0.3, 0.4) is 0 Å². The van der Waals surface area contributed by atoms with E-state index in [4.69, 9.17) is 4.74 Å². The van der Waals surface area contributed by atoms with Crippen molar-refractivity contribution in [3.63, 3.8) is 0 Å². The molecule has 4 nitrogen and oxygen atoms in total. The van der Waals surface area contributed by atoms with E-state index in [1.165, 1.54) is 36.8 Å². The maximum atomic E-state index is 13.0. The zero-order valence-corrected chi connectivity index (χ0v) is 19.2. The maximum Gasteiger partial charge on any atom is 0.310 e. The molecule has 3 fully saturated rings. The smallest absolute Gasteiger partial charge is 0.310 e. The Morgan fingerprint density at radius 1 is 1.17 bits per heavy atom. The minimum Gasteiger partial charge on any atom is -0.508 e. The third-order valence-corrected chi connectivity index (χ3v) is 8.76. The van der Waals surface area contributed by atoms with Gasteiger partial charge >= 0.3 is 5.97 Å². The Hall–Kier alpha value is -1.55. The van der Waals surface area contributed by atoms with Crippen LogP contribution in [-0.2, 0) is 21.4 Å². The van der Waals surface area contributed by atoms with Crippen molar-refractivity contribution in [2.24, 2.45) is 11.3 Å². The van der Waals surface area contributed by atoms with Crippen LogP contribution in [0.2, 0.25) is 0 Å². The molecule has 1 aromatic carbocycles. The van der Waals surface area contributed by atoms with Gasteiger partial charge in [-0.2, -0.15) is 0 Å². The van der Waals surface area contributed by atoms with Crippen LogP contribution in [0.5, 0.6) is 5.75 Å². The first-order valence-corrected chi connectivity index (χ1v) is 12.1. The molecule has 4 bridgehead atoms. The van der Waals surface area contributed by atoms with E-state index in [1.807, 2.05) is 13.0 Å². The Balaban J connectivity index is 1.88. The molecule has 0 radical (unpaired) electrons. The lowest BCUT2D eigenvalue weighted by atomic mass is 9.39. The molecule has 30 heavy (non-hydrogen) atoms. The minimum absolute atomic E-state index is 0.00512. The molecule has 166 valence electrons. The van der Waals surface area contributed by atoms with Gasteiger partial charge in [0.1, 0.15) is 5.75 Å². The van der Waals surface area contributed by atoms with Crippen molar-refractivity contribution in [1.82, 2.24) is 4.90 Å². The molecular weight excluding hydrogens is 374 g/mol. The van der Waals surface area contributed by atoms with E-state index in [0.29, 0.717) is 18.4 Å². The van der Waals surface area contributed by atoms with E-state index in [2.05, 4.69) is 37.9 Å². The summed E-state index contributed by atoms with van der Waals surface area (Å²) in [7, 11) is 2.25. The largest absolute Gasteiger partial charge is 0.508 e. The van der Waals surface area contributed by atoms with E-state index in [0.717, 1.165) is 32.1 Å². The summed E-state index contributed by atoms with van der Waals surface area (Å²) in [6.45, 7) is 6.90. The second-order valence-electron chi connectivity index (χ2n) is 10.0. The minimum atomic E-state index is -0.0309. The normalized spacial score (nSPS) is 34.6. The number of unbranched alkanes of at least 4 members (excludes halogenated alkanes) is 2. The van der Waals surface area contributed by atoms with Gasteiger partial charge in [-0.25, -0.2) is 0 Å². The predicted octanol–water partition coefficient (Wildman–Crippen LogP) is 5.21. The molecule has 0 spiro atoms. The van der Waals surface area contributed by atoms with Crippen molar-refractivity contribution >= 4 is 5.97 Å². The molecule has 2 saturated heterocycles. The molecule has 0 aromatic heterocycles. The van der Waals surface area contributed by atoms with Crippen molar-refractivity contribution in [1.29, 1.82) is 0 Å². The monoisotopic (exact) mass is 413 g/mol. The molecule has 4 aliphatic rings. The van der Waals surface area contributed by atoms with Crippen LogP contribution in [0, 0.1) is 11.3 Å². The number of carbonyl (C=O) groups excluding carboxylic acids is 1. The number of benzene rings is 1. The summed E-state index contributed by atoms with van der Waals surface area (Å²) in [5, 5.41) is 10.4. The Morgan fingerprint density at radius 2 is 1.90 bits per heavy atom. The fraction of sp³-hybridized carbons (Fsp3) is 0.731. The fourth-order valence-corrected chi connectivity index (χ4v) is 7.50. The Kier molecular flexibility index (Phi) is 5.91. The van der Waals surface area contributed by atoms with Gasteiger partial charge in [-0.1, -0.05) is 45.6 Å². The van der Waals surface area contributed by atoms with Crippen molar-refractivity contribution in [2.75, 3.05) is 13.7 Å². The molecule has 1 N–H and O–H groups in total. The summed E-state index contributed by atoms with van der Waals surface area (Å²) in [5.41, 5.74) is 2.90. The first-order chi connectivity index (χ1) is 14.4. The maximum absolute atomic E-state index is 13.0. The number of piperidine rings is 2. The molecule has 2 aliphatic carbocycles. The second kappa shape index (κ2) is 8.18. The van der Waals surface area contributed by atoms with Gasteiger partial charge in [0, 0.05) is 17.5 Å². The molecular formula is C26H39NO3. The van der Waals surface area contributed by atoms with E-state index in [-0.39, 0.29) is 28.8 Å². The number of fused-ring (bicyclic) bond motifs is 2. The highest BCUT2D eigenvalue weighted by molar-refractivity contribution is 5.74. The van der Waals surface area contributed by atoms with E-state index in [1.54, 1.807) is 0 Å². The highest BCUT2D eigenvalue weighted by Crippen LogP contribution is 2.68. The first kappa shape index (κ1) is 21.7. The van der Waals surface area contributed by atoms with Crippen LogP contribution in [0.4, 0.5) is 0 Å². The number of likely N-dealkylation sites (N-methyl/N-ethyl adjacent to an activating group) is 1. The Labute approximate surface area is 182 Å². The van der Waals surface area contributed by atoms with E-state index in [9.17, 15) is 9.90 Å². The van der Waals surface area contributed by atoms with Gasteiger partial charge in [-0.3, -0.25) is 9.69 Å². The number of aromatic hydroxyl groups is 1. The van der Waals surface area contributed by atoms with Gasteiger partial charge in [0.05, 0.1) is 12.5 Å².